The van der Waals surface area contributed by atoms with E-state index in [1.165, 1.54) is 12.8 Å². The Morgan fingerprint density at radius 2 is 1.69 bits per heavy atom. The Bertz CT molecular complexity index is 812. The zero-order valence-electron chi connectivity index (χ0n) is 15.5. The number of nitrogens with zero attached hydrogens (tertiary/aromatic N) is 2. The molecule has 0 bridgehead atoms. The number of aromatic nitrogens is 1. The van der Waals surface area contributed by atoms with Crippen molar-refractivity contribution >= 4 is 22.7 Å². The zero-order chi connectivity index (χ0) is 18.1. The second kappa shape index (κ2) is 7.14. The summed E-state index contributed by atoms with van der Waals surface area (Å²) in [6.07, 6.45) is 4.86. The van der Waals surface area contributed by atoms with E-state index in [0.717, 1.165) is 35.0 Å². The molecule has 2 amide bonds. The van der Waals surface area contributed by atoms with Crippen LogP contribution in [-0.4, -0.2) is 52.8 Å². The number of H-pyrrole nitrogens is 1. The van der Waals surface area contributed by atoms with Crippen molar-refractivity contribution in [2.24, 2.45) is 5.92 Å². The second-order valence-corrected chi connectivity index (χ2v) is 7.64. The average molecular weight is 353 g/mol. The van der Waals surface area contributed by atoms with E-state index in [9.17, 15) is 9.59 Å². The summed E-state index contributed by atoms with van der Waals surface area (Å²) in [5, 5.41) is 1.13. The molecule has 2 fully saturated rings. The number of nitrogens with one attached hydrogen (secondary N) is 1. The molecule has 0 radical (unpaired) electrons. The minimum atomic E-state index is 0.158. The summed E-state index contributed by atoms with van der Waals surface area (Å²) in [6.45, 7) is 4.68. The molecule has 0 atom stereocenters. The van der Waals surface area contributed by atoms with Gasteiger partial charge in [-0.3, -0.25) is 9.59 Å². The summed E-state index contributed by atoms with van der Waals surface area (Å²) in [5.74, 6) is 0.694. The van der Waals surface area contributed by atoms with Crippen molar-refractivity contribution < 1.29 is 9.59 Å². The number of benzene rings is 1. The third kappa shape index (κ3) is 3.22. The molecule has 2 aromatic rings. The van der Waals surface area contributed by atoms with Crippen LogP contribution in [0.15, 0.2) is 24.3 Å². The largest absolute Gasteiger partial charge is 0.358 e. The SMILES string of the molecule is Cc1[nH]c2ccccc2c1CC(=O)N1CCN(C(=O)C2CCCC2)CC1. The molecule has 2 heterocycles. The molecular weight excluding hydrogens is 326 g/mol. The summed E-state index contributed by atoms with van der Waals surface area (Å²) in [5.41, 5.74) is 3.24. The van der Waals surface area contributed by atoms with E-state index < -0.39 is 0 Å². The Morgan fingerprint density at radius 3 is 2.42 bits per heavy atom. The van der Waals surface area contributed by atoms with Crippen LogP contribution in [0.4, 0.5) is 0 Å². The maximum absolute atomic E-state index is 12.8. The van der Waals surface area contributed by atoms with Crippen molar-refractivity contribution in [3.05, 3.63) is 35.5 Å². The summed E-state index contributed by atoms with van der Waals surface area (Å²) in [6, 6.07) is 8.13. The minimum Gasteiger partial charge on any atom is -0.358 e. The smallest absolute Gasteiger partial charge is 0.227 e. The number of carbonyl (C=O) groups is 2. The van der Waals surface area contributed by atoms with Crippen LogP contribution in [0, 0.1) is 12.8 Å². The first kappa shape index (κ1) is 17.1. The van der Waals surface area contributed by atoms with Gasteiger partial charge in [0, 0.05) is 48.7 Å². The molecule has 138 valence electrons. The molecule has 1 saturated heterocycles. The number of fused-ring (bicyclic) bond motifs is 1. The molecule has 1 aliphatic heterocycles. The summed E-state index contributed by atoms with van der Waals surface area (Å²) < 4.78 is 0. The first-order valence-electron chi connectivity index (χ1n) is 9.76. The van der Waals surface area contributed by atoms with Crippen molar-refractivity contribution in [2.75, 3.05) is 26.2 Å². The Kier molecular flexibility index (Phi) is 4.70. The van der Waals surface area contributed by atoms with Gasteiger partial charge in [-0.05, 0) is 31.4 Å². The van der Waals surface area contributed by atoms with E-state index >= 15 is 0 Å². The molecule has 2 aliphatic rings. The molecule has 5 heteroatoms. The molecule has 1 saturated carbocycles. The molecule has 0 spiro atoms. The monoisotopic (exact) mass is 353 g/mol. The lowest BCUT2D eigenvalue weighted by molar-refractivity contribution is -0.141. The van der Waals surface area contributed by atoms with Crippen LogP contribution in [0.2, 0.25) is 0 Å². The number of aromatic amines is 1. The van der Waals surface area contributed by atoms with Gasteiger partial charge in [-0.15, -0.1) is 0 Å². The summed E-state index contributed by atoms with van der Waals surface area (Å²) in [4.78, 5) is 32.6. The van der Waals surface area contributed by atoms with Gasteiger partial charge < -0.3 is 14.8 Å². The first-order valence-corrected chi connectivity index (χ1v) is 9.76. The molecule has 1 aliphatic carbocycles. The van der Waals surface area contributed by atoms with Crippen molar-refractivity contribution in [2.45, 2.75) is 39.0 Å². The van der Waals surface area contributed by atoms with Crippen LogP contribution in [0.25, 0.3) is 10.9 Å². The zero-order valence-corrected chi connectivity index (χ0v) is 15.5. The van der Waals surface area contributed by atoms with Gasteiger partial charge in [0.05, 0.1) is 6.42 Å². The Labute approximate surface area is 154 Å². The van der Waals surface area contributed by atoms with Crippen LogP contribution in [0.5, 0.6) is 0 Å². The fourth-order valence-corrected chi connectivity index (χ4v) is 4.43. The van der Waals surface area contributed by atoms with Gasteiger partial charge in [-0.2, -0.15) is 0 Å². The highest BCUT2D eigenvalue weighted by atomic mass is 16.2. The summed E-state index contributed by atoms with van der Waals surface area (Å²) in [7, 11) is 0. The van der Waals surface area contributed by atoms with Gasteiger partial charge in [-0.1, -0.05) is 31.0 Å². The van der Waals surface area contributed by atoms with Gasteiger partial charge in [0.2, 0.25) is 11.8 Å². The van der Waals surface area contributed by atoms with Crippen molar-refractivity contribution in [1.82, 2.24) is 14.8 Å². The number of para-hydroxylation sites is 1. The number of amides is 2. The molecular formula is C21H27N3O2. The van der Waals surface area contributed by atoms with Crippen LogP contribution >= 0.6 is 0 Å². The first-order chi connectivity index (χ1) is 12.6. The third-order valence-electron chi connectivity index (χ3n) is 6.00. The van der Waals surface area contributed by atoms with E-state index in [0.29, 0.717) is 38.5 Å². The third-order valence-corrected chi connectivity index (χ3v) is 6.00. The molecule has 4 rings (SSSR count). The van der Waals surface area contributed by atoms with Crippen LogP contribution in [0.1, 0.15) is 36.9 Å². The number of rotatable bonds is 3. The molecule has 0 unspecified atom stereocenters. The molecule has 1 N–H and O–H groups in total. The average Bonchev–Trinajstić information content (AvgIpc) is 3.30. The molecule has 1 aromatic carbocycles. The summed E-state index contributed by atoms with van der Waals surface area (Å²) >= 11 is 0. The van der Waals surface area contributed by atoms with Gasteiger partial charge in [0.15, 0.2) is 0 Å². The minimum absolute atomic E-state index is 0.158. The molecule has 5 nitrogen and oxygen atoms in total. The quantitative estimate of drug-likeness (QED) is 0.922. The maximum Gasteiger partial charge on any atom is 0.227 e. The van der Waals surface area contributed by atoms with Crippen molar-refractivity contribution in [3.63, 3.8) is 0 Å². The predicted molar refractivity (Wildman–Crippen MR) is 102 cm³/mol. The van der Waals surface area contributed by atoms with E-state index in [2.05, 4.69) is 11.1 Å². The van der Waals surface area contributed by atoms with E-state index in [-0.39, 0.29) is 11.8 Å². The van der Waals surface area contributed by atoms with E-state index in [1.807, 2.05) is 34.9 Å². The molecule has 1 aromatic heterocycles. The Morgan fingerprint density at radius 1 is 1.04 bits per heavy atom. The number of piperazine rings is 1. The van der Waals surface area contributed by atoms with E-state index in [4.69, 9.17) is 0 Å². The highest BCUT2D eigenvalue weighted by molar-refractivity contribution is 5.90. The fourth-order valence-electron chi connectivity index (χ4n) is 4.43. The Balaban J connectivity index is 1.37. The van der Waals surface area contributed by atoms with Crippen LogP contribution in [0.3, 0.4) is 0 Å². The van der Waals surface area contributed by atoms with Crippen molar-refractivity contribution in [3.8, 4) is 0 Å². The second-order valence-electron chi connectivity index (χ2n) is 7.64. The fraction of sp³-hybridized carbons (Fsp3) is 0.524. The number of aryl methyl sites for hydroxylation is 1. The predicted octanol–water partition coefficient (Wildman–Crippen LogP) is 2.88. The van der Waals surface area contributed by atoms with Gasteiger partial charge >= 0.3 is 0 Å². The van der Waals surface area contributed by atoms with Gasteiger partial charge in [0.25, 0.3) is 0 Å². The van der Waals surface area contributed by atoms with Crippen molar-refractivity contribution in [1.29, 1.82) is 0 Å². The molecule has 26 heavy (non-hydrogen) atoms. The highest BCUT2D eigenvalue weighted by Crippen LogP contribution is 2.27. The number of carbonyl (C=O) groups excluding carboxylic acids is 2. The number of hydrogen-bond acceptors (Lipinski definition) is 2. The van der Waals surface area contributed by atoms with Crippen LogP contribution < -0.4 is 0 Å². The van der Waals surface area contributed by atoms with Gasteiger partial charge in [-0.25, -0.2) is 0 Å². The lowest BCUT2D eigenvalue weighted by Crippen LogP contribution is -2.52. The normalized spacial score (nSPS) is 18.7. The lowest BCUT2D eigenvalue weighted by atomic mass is 10.1. The van der Waals surface area contributed by atoms with Crippen LogP contribution in [-0.2, 0) is 16.0 Å². The Hall–Kier alpha value is -2.30. The maximum atomic E-state index is 12.8. The van der Waals surface area contributed by atoms with Gasteiger partial charge in [0.1, 0.15) is 0 Å². The topological polar surface area (TPSA) is 56.4 Å². The standard InChI is InChI=1S/C21H27N3O2/c1-15-18(17-8-4-5-9-19(17)22-15)14-20(25)23-10-12-24(13-11-23)21(26)16-6-2-3-7-16/h4-5,8-9,16,22H,2-3,6-7,10-14H2,1H3. The lowest BCUT2D eigenvalue weighted by Gasteiger charge is -2.36. The number of hydrogen-bond donors (Lipinski definition) is 1. The highest BCUT2D eigenvalue weighted by Gasteiger charge is 2.30. The van der Waals surface area contributed by atoms with E-state index in [1.54, 1.807) is 0 Å².